The molecule has 0 saturated heterocycles. The number of amides is 1. The van der Waals surface area contributed by atoms with Crippen molar-refractivity contribution in [2.24, 2.45) is 5.92 Å². The average molecular weight is 403 g/mol. The second-order valence-electron chi connectivity index (χ2n) is 7.39. The van der Waals surface area contributed by atoms with Gasteiger partial charge in [-0.1, -0.05) is 43.7 Å². The fraction of sp³-hybridized carbons (Fsp3) is 0.571. The van der Waals surface area contributed by atoms with Gasteiger partial charge in [0.25, 0.3) is 0 Å². The van der Waals surface area contributed by atoms with Crippen LogP contribution in [0, 0.1) is 5.92 Å². The van der Waals surface area contributed by atoms with E-state index in [2.05, 4.69) is 33.9 Å². The molecule has 1 aliphatic rings. The molecule has 28 heavy (non-hydrogen) atoms. The first kappa shape index (κ1) is 20.7. The Morgan fingerprint density at radius 3 is 2.68 bits per heavy atom. The van der Waals surface area contributed by atoms with Crippen LogP contribution in [0.5, 0.6) is 5.75 Å². The highest BCUT2D eigenvalue weighted by Gasteiger charge is 2.23. The molecule has 152 valence electrons. The number of thioether (sulfide) groups is 1. The lowest BCUT2D eigenvalue weighted by Gasteiger charge is -2.29. The van der Waals surface area contributed by atoms with Crippen molar-refractivity contribution in [3.63, 3.8) is 0 Å². The molecule has 1 fully saturated rings. The molecule has 1 aromatic carbocycles. The van der Waals surface area contributed by atoms with Crippen molar-refractivity contribution in [2.75, 3.05) is 12.9 Å². The molecule has 3 rings (SSSR count). The highest BCUT2D eigenvalue weighted by atomic mass is 32.2. The monoisotopic (exact) mass is 402 g/mol. The second-order valence-corrected chi connectivity index (χ2v) is 8.33. The lowest BCUT2D eigenvalue weighted by Crippen LogP contribution is -2.41. The quantitative estimate of drug-likeness (QED) is 0.682. The lowest BCUT2D eigenvalue weighted by molar-refractivity contribution is -0.119. The van der Waals surface area contributed by atoms with Crippen molar-refractivity contribution in [1.82, 2.24) is 20.1 Å². The van der Waals surface area contributed by atoms with Crippen molar-refractivity contribution in [1.29, 1.82) is 0 Å². The predicted molar refractivity (Wildman–Crippen MR) is 112 cm³/mol. The number of nitrogens with zero attached hydrogens (tertiary/aromatic N) is 3. The number of nitrogens with one attached hydrogen (secondary N) is 1. The van der Waals surface area contributed by atoms with Crippen LogP contribution in [0.1, 0.15) is 50.9 Å². The zero-order valence-electron chi connectivity index (χ0n) is 17.0. The molecular formula is C21H30N4O2S. The van der Waals surface area contributed by atoms with Gasteiger partial charge in [0.15, 0.2) is 5.16 Å². The van der Waals surface area contributed by atoms with Gasteiger partial charge in [0.1, 0.15) is 11.6 Å². The summed E-state index contributed by atoms with van der Waals surface area (Å²) in [5.41, 5.74) is 1.16. The van der Waals surface area contributed by atoms with E-state index in [0.717, 1.165) is 35.3 Å². The largest absolute Gasteiger partial charge is 0.497 e. The minimum Gasteiger partial charge on any atom is -0.497 e. The van der Waals surface area contributed by atoms with Crippen LogP contribution in [-0.4, -0.2) is 39.6 Å². The van der Waals surface area contributed by atoms with Crippen molar-refractivity contribution in [2.45, 2.75) is 63.7 Å². The van der Waals surface area contributed by atoms with Crippen molar-refractivity contribution in [3.05, 3.63) is 35.7 Å². The summed E-state index contributed by atoms with van der Waals surface area (Å²) < 4.78 is 7.30. The first-order valence-corrected chi connectivity index (χ1v) is 11.1. The molecule has 0 aliphatic heterocycles. The van der Waals surface area contributed by atoms with Crippen LogP contribution in [0.2, 0.25) is 0 Å². The summed E-state index contributed by atoms with van der Waals surface area (Å²) in [6.45, 7) is 5.09. The third-order valence-electron chi connectivity index (χ3n) is 5.42. The Morgan fingerprint density at radius 2 is 2.00 bits per heavy atom. The molecule has 0 unspecified atom stereocenters. The number of carbonyl (C=O) groups excluding carboxylic acids is 1. The molecule has 0 radical (unpaired) electrons. The fourth-order valence-electron chi connectivity index (χ4n) is 3.71. The molecule has 1 saturated carbocycles. The van der Waals surface area contributed by atoms with Gasteiger partial charge in [-0.3, -0.25) is 4.79 Å². The topological polar surface area (TPSA) is 69.0 Å². The molecule has 1 N–H and O–H groups in total. The van der Waals surface area contributed by atoms with Crippen LogP contribution in [-0.2, 0) is 17.8 Å². The van der Waals surface area contributed by atoms with Crippen LogP contribution in [0.25, 0.3) is 0 Å². The normalized spacial score (nSPS) is 19.4. The summed E-state index contributed by atoms with van der Waals surface area (Å²) in [4.78, 5) is 12.4. The third kappa shape index (κ3) is 5.28. The number of rotatable bonds is 8. The zero-order chi connectivity index (χ0) is 19.9. The Bertz CT molecular complexity index is 775. The van der Waals surface area contributed by atoms with Crippen LogP contribution in [0.4, 0.5) is 0 Å². The number of carbonyl (C=O) groups is 1. The van der Waals surface area contributed by atoms with Gasteiger partial charge in [0.05, 0.1) is 12.9 Å². The van der Waals surface area contributed by atoms with E-state index in [0.29, 0.717) is 24.1 Å². The molecule has 2 aromatic rings. The molecule has 1 aromatic heterocycles. The van der Waals surface area contributed by atoms with Gasteiger partial charge in [-0.05, 0) is 43.4 Å². The summed E-state index contributed by atoms with van der Waals surface area (Å²) in [6, 6.07) is 8.30. The van der Waals surface area contributed by atoms with E-state index in [1.807, 2.05) is 24.3 Å². The van der Waals surface area contributed by atoms with E-state index in [1.54, 1.807) is 7.11 Å². The van der Waals surface area contributed by atoms with Gasteiger partial charge in [-0.2, -0.15) is 0 Å². The standard InChI is InChI=1S/C21H30N4O2S/c1-4-25-19(13-16-9-11-17(27-3)12-10-16)23-24-21(25)28-14-20(26)22-18-8-6-5-7-15(18)2/h9-12,15,18H,4-8,13-14H2,1-3H3,(H,22,26)/t15-,18-/m1/s1. The average Bonchev–Trinajstić information content (AvgIpc) is 3.10. The molecule has 1 aliphatic carbocycles. The molecular weight excluding hydrogens is 372 g/mol. The van der Waals surface area contributed by atoms with E-state index < -0.39 is 0 Å². The van der Waals surface area contributed by atoms with Gasteiger partial charge in [0, 0.05) is 19.0 Å². The maximum Gasteiger partial charge on any atom is 0.230 e. The molecule has 0 spiro atoms. The lowest BCUT2D eigenvalue weighted by atomic mass is 9.86. The molecule has 1 heterocycles. The van der Waals surface area contributed by atoms with E-state index in [9.17, 15) is 4.79 Å². The Kier molecular flexibility index (Phi) is 7.36. The molecule has 1 amide bonds. The Morgan fingerprint density at radius 1 is 1.25 bits per heavy atom. The van der Waals surface area contributed by atoms with E-state index in [4.69, 9.17) is 4.74 Å². The Hall–Kier alpha value is -2.02. The van der Waals surface area contributed by atoms with Gasteiger partial charge in [-0.25, -0.2) is 0 Å². The number of aromatic nitrogens is 3. The van der Waals surface area contributed by atoms with E-state index in [-0.39, 0.29) is 5.91 Å². The van der Waals surface area contributed by atoms with Gasteiger partial charge < -0.3 is 14.6 Å². The summed E-state index contributed by atoms with van der Waals surface area (Å²) in [7, 11) is 1.66. The molecule has 0 bridgehead atoms. The third-order valence-corrected chi connectivity index (χ3v) is 6.39. The first-order chi connectivity index (χ1) is 13.6. The van der Waals surface area contributed by atoms with Crippen molar-refractivity contribution >= 4 is 17.7 Å². The van der Waals surface area contributed by atoms with Gasteiger partial charge in [-0.15, -0.1) is 10.2 Å². The number of hydrogen-bond acceptors (Lipinski definition) is 5. The van der Waals surface area contributed by atoms with Crippen LogP contribution < -0.4 is 10.1 Å². The molecule has 2 atom stereocenters. The Labute approximate surface area is 171 Å². The fourth-order valence-corrected chi connectivity index (χ4v) is 4.54. The summed E-state index contributed by atoms with van der Waals surface area (Å²) in [5, 5.41) is 12.7. The highest BCUT2D eigenvalue weighted by molar-refractivity contribution is 7.99. The SMILES string of the molecule is CCn1c(Cc2ccc(OC)cc2)nnc1SCC(=O)N[C@@H]1CCCC[C@H]1C. The molecule has 7 heteroatoms. The van der Waals surface area contributed by atoms with Crippen molar-refractivity contribution < 1.29 is 9.53 Å². The number of ether oxygens (including phenoxy) is 1. The minimum absolute atomic E-state index is 0.0890. The van der Waals surface area contributed by atoms with Gasteiger partial charge in [0.2, 0.25) is 5.91 Å². The first-order valence-electron chi connectivity index (χ1n) is 10.1. The maximum absolute atomic E-state index is 12.4. The van der Waals surface area contributed by atoms with E-state index >= 15 is 0 Å². The minimum atomic E-state index is 0.0890. The number of hydrogen-bond donors (Lipinski definition) is 1. The maximum atomic E-state index is 12.4. The van der Waals surface area contributed by atoms with Crippen LogP contribution in [0.3, 0.4) is 0 Å². The summed E-state index contributed by atoms with van der Waals surface area (Å²) in [6.07, 6.45) is 5.49. The van der Waals surface area contributed by atoms with Crippen LogP contribution >= 0.6 is 11.8 Å². The number of methoxy groups -OCH3 is 1. The summed E-state index contributed by atoms with van der Waals surface area (Å²) >= 11 is 1.46. The van der Waals surface area contributed by atoms with Crippen molar-refractivity contribution in [3.8, 4) is 5.75 Å². The second kappa shape index (κ2) is 9.96. The summed E-state index contributed by atoms with van der Waals surface area (Å²) in [5.74, 6) is 2.79. The van der Waals surface area contributed by atoms with E-state index in [1.165, 1.54) is 31.0 Å². The predicted octanol–water partition coefficient (Wildman–Crippen LogP) is 3.68. The highest BCUT2D eigenvalue weighted by Crippen LogP contribution is 2.24. The van der Waals surface area contributed by atoms with Crippen LogP contribution in [0.15, 0.2) is 29.4 Å². The zero-order valence-corrected chi connectivity index (χ0v) is 17.8. The number of benzene rings is 1. The molecule has 6 nitrogen and oxygen atoms in total. The Balaban J connectivity index is 1.57. The smallest absolute Gasteiger partial charge is 0.230 e. The van der Waals surface area contributed by atoms with Gasteiger partial charge >= 0.3 is 0 Å².